The molecule has 0 bridgehead atoms. The van der Waals surface area contributed by atoms with Crippen LogP contribution in [0.4, 0.5) is 0 Å². The van der Waals surface area contributed by atoms with E-state index in [4.69, 9.17) is 0 Å². The number of hydrogen-bond donors (Lipinski definition) is 1. The molecule has 0 aromatic carbocycles. The second kappa shape index (κ2) is 5.35. The molecule has 0 saturated heterocycles. The first-order valence-electron chi connectivity index (χ1n) is 4.81. The lowest BCUT2D eigenvalue weighted by Crippen LogP contribution is -2.07. The van der Waals surface area contributed by atoms with Gasteiger partial charge in [0.15, 0.2) is 0 Å². The molecule has 0 unspecified atom stereocenters. The van der Waals surface area contributed by atoms with Crippen LogP contribution in [0, 0.1) is 13.8 Å². The molecule has 0 spiro atoms. The third-order valence-electron chi connectivity index (χ3n) is 2.14. The van der Waals surface area contributed by atoms with Gasteiger partial charge < -0.3 is 5.32 Å². The van der Waals surface area contributed by atoms with E-state index < -0.39 is 0 Å². The minimum Gasteiger partial charge on any atom is -0.320 e. The van der Waals surface area contributed by atoms with Crippen molar-refractivity contribution in [2.75, 3.05) is 13.6 Å². The van der Waals surface area contributed by atoms with E-state index in [9.17, 15) is 0 Å². The second-order valence-electron chi connectivity index (χ2n) is 3.31. The van der Waals surface area contributed by atoms with E-state index in [1.54, 1.807) is 0 Å². The highest BCUT2D eigenvalue weighted by molar-refractivity contribution is 7.11. The zero-order chi connectivity index (χ0) is 9.68. The fraction of sp³-hybridized carbons (Fsp3) is 0.700. The first-order chi connectivity index (χ1) is 6.24. The smallest absolute Gasteiger partial charge is 0.0930 e. The first kappa shape index (κ1) is 10.7. The van der Waals surface area contributed by atoms with Gasteiger partial charge in [-0.25, -0.2) is 4.98 Å². The fourth-order valence-corrected chi connectivity index (χ4v) is 2.20. The van der Waals surface area contributed by atoms with Crippen molar-refractivity contribution in [1.29, 1.82) is 0 Å². The molecule has 0 fully saturated rings. The number of nitrogens with zero attached hydrogens (tertiary/aromatic N) is 1. The Morgan fingerprint density at radius 2 is 2.08 bits per heavy atom. The highest BCUT2D eigenvalue weighted by atomic mass is 32.1. The molecule has 74 valence electrons. The average molecular weight is 198 g/mol. The van der Waals surface area contributed by atoms with E-state index in [1.165, 1.54) is 28.4 Å². The Bertz CT molecular complexity index is 236. The molecule has 0 amide bonds. The summed E-state index contributed by atoms with van der Waals surface area (Å²) in [6.07, 6.45) is 3.63. The first-order valence-corrected chi connectivity index (χ1v) is 5.63. The Labute approximate surface area is 84.4 Å². The van der Waals surface area contributed by atoms with E-state index in [-0.39, 0.29) is 0 Å². The molecule has 0 aliphatic rings. The van der Waals surface area contributed by atoms with Crippen LogP contribution in [-0.2, 0) is 6.42 Å². The molecule has 1 heterocycles. The molecule has 0 atom stereocenters. The molecule has 0 radical (unpaired) electrons. The highest BCUT2D eigenvalue weighted by Crippen LogP contribution is 2.17. The maximum atomic E-state index is 4.51. The van der Waals surface area contributed by atoms with Crippen molar-refractivity contribution in [2.45, 2.75) is 33.1 Å². The Morgan fingerprint density at radius 3 is 2.62 bits per heavy atom. The average Bonchev–Trinajstić information content (AvgIpc) is 2.41. The van der Waals surface area contributed by atoms with Crippen molar-refractivity contribution < 1.29 is 0 Å². The molecular weight excluding hydrogens is 180 g/mol. The summed E-state index contributed by atoms with van der Waals surface area (Å²) in [5.74, 6) is 0. The number of nitrogens with one attached hydrogen (secondary N) is 1. The quantitative estimate of drug-likeness (QED) is 0.734. The topological polar surface area (TPSA) is 24.9 Å². The van der Waals surface area contributed by atoms with E-state index in [0.29, 0.717) is 0 Å². The predicted molar refractivity (Wildman–Crippen MR) is 58.5 cm³/mol. The van der Waals surface area contributed by atoms with Crippen LogP contribution in [0.25, 0.3) is 0 Å². The molecular formula is C10H18N2S. The molecule has 3 heteroatoms. The molecule has 0 saturated carbocycles. The normalized spacial score (nSPS) is 10.7. The van der Waals surface area contributed by atoms with Crippen LogP contribution in [0.5, 0.6) is 0 Å². The summed E-state index contributed by atoms with van der Waals surface area (Å²) >= 11 is 1.84. The Balaban J connectivity index is 2.29. The van der Waals surface area contributed by atoms with Gasteiger partial charge in [0.05, 0.1) is 10.7 Å². The maximum Gasteiger partial charge on any atom is 0.0930 e. The molecule has 1 N–H and O–H groups in total. The van der Waals surface area contributed by atoms with Crippen molar-refractivity contribution in [3.63, 3.8) is 0 Å². The number of thiazole rings is 1. The van der Waals surface area contributed by atoms with Gasteiger partial charge in [-0.15, -0.1) is 11.3 Å². The third-order valence-corrected chi connectivity index (χ3v) is 3.27. The van der Waals surface area contributed by atoms with Gasteiger partial charge >= 0.3 is 0 Å². The number of hydrogen-bond acceptors (Lipinski definition) is 3. The Morgan fingerprint density at radius 1 is 1.31 bits per heavy atom. The standard InChI is InChI=1S/C10H18N2S/c1-8-9(2)13-10(12-8)6-4-5-7-11-3/h11H,4-7H2,1-3H3. The van der Waals surface area contributed by atoms with Gasteiger partial charge in [0, 0.05) is 4.88 Å². The van der Waals surface area contributed by atoms with Gasteiger partial charge in [-0.1, -0.05) is 0 Å². The van der Waals surface area contributed by atoms with Gasteiger partial charge in [0.2, 0.25) is 0 Å². The number of aryl methyl sites for hydroxylation is 3. The molecule has 13 heavy (non-hydrogen) atoms. The fourth-order valence-electron chi connectivity index (χ4n) is 1.22. The van der Waals surface area contributed by atoms with Crippen LogP contribution in [-0.4, -0.2) is 18.6 Å². The van der Waals surface area contributed by atoms with Gasteiger partial charge in [0.1, 0.15) is 0 Å². The second-order valence-corrected chi connectivity index (χ2v) is 4.60. The number of rotatable bonds is 5. The zero-order valence-electron chi connectivity index (χ0n) is 8.68. The van der Waals surface area contributed by atoms with Crippen LogP contribution in [0.3, 0.4) is 0 Å². The van der Waals surface area contributed by atoms with E-state index in [1.807, 2.05) is 18.4 Å². The monoisotopic (exact) mass is 198 g/mol. The lowest BCUT2D eigenvalue weighted by Gasteiger charge is -1.96. The Kier molecular flexibility index (Phi) is 4.39. The highest BCUT2D eigenvalue weighted by Gasteiger charge is 2.02. The third kappa shape index (κ3) is 3.44. The van der Waals surface area contributed by atoms with Crippen molar-refractivity contribution >= 4 is 11.3 Å². The van der Waals surface area contributed by atoms with Crippen molar-refractivity contribution in [3.05, 3.63) is 15.6 Å². The SMILES string of the molecule is CNCCCCc1nc(C)c(C)s1. The van der Waals surface area contributed by atoms with E-state index in [0.717, 1.165) is 13.0 Å². The minimum absolute atomic E-state index is 1.11. The van der Waals surface area contributed by atoms with Crippen LogP contribution in [0.2, 0.25) is 0 Å². The Hall–Kier alpha value is -0.410. The molecule has 0 aliphatic heterocycles. The summed E-state index contributed by atoms with van der Waals surface area (Å²) in [6, 6.07) is 0. The van der Waals surface area contributed by atoms with Gasteiger partial charge in [-0.2, -0.15) is 0 Å². The van der Waals surface area contributed by atoms with Crippen LogP contribution in [0.1, 0.15) is 28.4 Å². The van der Waals surface area contributed by atoms with Crippen LogP contribution < -0.4 is 5.32 Å². The summed E-state index contributed by atoms with van der Waals surface area (Å²) in [6.45, 7) is 5.34. The molecule has 1 aromatic rings. The van der Waals surface area contributed by atoms with E-state index >= 15 is 0 Å². The van der Waals surface area contributed by atoms with Crippen molar-refractivity contribution in [1.82, 2.24) is 10.3 Å². The summed E-state index contributed by atoms with van der Waals surface area (Å²) in [5, 5.41) is 4.45. The number of unbranched alkanes of at least 4 members (excludes halogenated alkanes) is 1. The lowest BCUT2D eigenvalue weighted by atomic mass is 10.2. The molecule has 0 aliphatic carbocycles. The minimum atomic E-state index is 1.11. The summed E-state index contributed by atoms with van der Waals surface area (Å²) in [4.78, 5) is 5.87. The molecule has 2 nitrogen and oxygen atoms in total. The molecule has 1 rings (SSSR count). The maximum absolute atomic E-state index is 4.51. The number of aromatic nitrogens is 1. The molecule has 1 aromatic heterocycles. The van der Waals surface area contributed by atoms with Gasteiger partial charge in [-0.05, 0) is 46.7 Å². The van der Waals surface area contributed by atoms with Gasteiger partial charge in [-0.3, -0.25) is 0 Å². The summed E-state index contributed by atoms with van der Waals surface area (Å²) < 4.78 is 0. The zero-order valence-corrected chi connectivity index (χ0v) is 9.50. The predicted octanol–water partition coefficient (Wildman–Crippen LogP) is 2.30. The largest absolute Gasteiger partial charge is 0.320 e. The van der Waals surface area contributed by atoms with Crippen LogP contribution in [0.15, 0.2) is 0 Å². The summed E-state index contributed by atoms with van der Waals surface area (Å²) in [7, 11) is 2.00. The lowest BCUT2D eigenvalue weighted by molar-refractivity contribution is 0.675. The van der Waals surface area contributed by atoms with Crippen LogP contribution >= 0.6 is 11.3 Å². The van der Waals surface area contributed by atoms with E-state index in [2.05, 4.69) is 24.1 Å². The van der Waals surface area contributed by atoms with Gasteiger partial charge in [0.25, 0.3) is 0 Å². The van der Waals surface area contributed by atoms with Crippen molar-refractivity contribution in [3.8, 4) is 0 Å². The summed E-state index contributed by atoms with van der Waals surface area (Å²) in [5.41, 5.74) is 1.20. The van der Waals surface area contributed by atoms with Crippen molar-refractivity contribution in [2.24, 2.45) is 0 Å².